The molecule has 0 fully saturated rings. The van der Waals surface area contributed by atoms with Crippen molar-refractivity contribution < 1.29 is 14.7 Å². The van der Waals surface area contributed by atoms with Crippen LogP contribution in [0.3, 0.4) is 0 Å². The highest BCUT2D eigenvalue weighted by molar-refractivity contribution is 6.30. The highest BCUT2D eigenvalue weighted by Crippen LogP contribution is 2.24. The fourth-order valence-electron chi connectivity index (χ4n) is 2.60. The van der Waals surface area contributed by atoms with Crippen LogP contribution in [0.15, 0.2) is 48.7 Å². The lowest BCUT2D eigenvalue weighted by molar-refractivity contribution is -0.107. The third-order valence-corrected chi connectivity index (χ3v) is 4.00. The maximum absolute atomic E-state index is 12.7. The van der Waals surface area contributed by atoms with E-state index in [0.717, 1.165) is 22.8 Å². The second-order valence-electron chi connectivity index (χ2n) is 5.22. The number of benzene rings is 2. The molecule has 0 saturated heterocycles. The average Bonchev–Trinajstić information content (AvgIpc) is 2.93. The normalized spacial score (nSPS) is 10.9. The number of aromatic nitrogens is 1. The van der Waals surface area contributed by atoms with Crippen LogP contribution in [0.1, 0.15) is 21.5 Å². The minimum Gasteiger partial charge on any atom is -0.392 e. The van der Waals surface area contributed by atoms with Gasteiger partial charge in [0.2, 0.25) is 0 Å². The molecule has 0 atom stereocenters. The van der Waals surface area contributed by atoms with Crippen LogP contribution in [0.2, 0.25) is 5.02 Å². The van der Waals surface area contributed by atoms with E-state index in [1.807, 2.05) is 0 Å². The Balaban J connectivity index is 2.15. The predicted molar refractivity (Wildman–Crippen MR) is 88.8 cm³/mol. The second-order valence-corrected chi connectivity index (χ2v) is 5.65. The Bertz CT molecular complexity index is 881. The van der Waals surface area contributed by atoms with Gasteiger partial charge in [-0.25, -0.2) is 0 Å². The summed E-state index contributed by atoms with van der Waals surface area (Å²) in [7, 11) is 0. The Kier molecular flexibility index (Phi) is 4.28. The van der Waals surface area contributed by atoms with Crippen molar-refractivity contribution in [3.8, 4) is 0 Å². The molecule has 0 aliphatic rings. The lowest BCUT2D eigenvalue weighted by Crippen LogP contribution is -2.10. The number of aliphatic hydroxyl groups is 1. The van der Waals surface area contributed by atoms with E-state index in [0.29, 0.717) is 16.1 Å². The van der Waals surface area contributed by atoms with Crippen LogP contribution in [-0.2, 0) is 17.8 Å². The van der Waals surface area contributed by atoms with E-state index < -0.39 is 0 Å². The van der Waals surface area contributed by atoms with Gasteiger partial charge in [0.15, 0.2) is 0 Å². The summed E-state index contributed by atoms with van der Waals surface area (Å²) in [5.41, 5.74) is 2.71. The van der Waals surface area contributed by atoms with Gasteiger partial charge in [-0.05, 0) is 47.5 Å². The van der Waals surface area contributed by atoms with Crippen molar-refractivity contribution in [1.82, 2.24) is 4.57 Å². The number of aliphatic hydroxyl groups excluding tert-OH is 1. The molecule has 0 spiro atoms. The van der Waals surface area contributed by atoms with E-state index in [4.69, 9.17) is 11.6 Å². The molecule has 0 aliphatic carbocycles. The SMILES string of the molecule is O=CCc1cn(C(=O)c2ccc(Cl)cc2)c2ccc(CO)cc12. The minimum atomic E-state index is -0.194. The van der Waals surface area contributed by atoms with Crippen molar-refractivity contribution >= 4 is 34.7 Å². The Morgan fingerprint density at radius 3 is 2.57 bits per heavy atom. The molecule has 4 nitrogen and oxygen atoms in total. The van der Waals surface area contributed by atoms with E-state index in [1.165, 1.54) is 4.57 Å². The fraction of sp³-hybridized carbons (Fsp3) is 0.111. The molecule has 1 N–H and O–H groups in total. The molecule has 0 unspecified atom stereocenters. The maximum atomic E-state index is 12.7. The van der Waals surface area contributed by atoms with Crippen LogP contribution in [0.25, 0.3) is 10.9 Å². The summed E-state index contributed by atoms with van der Waals surface area (Å²) >= 11 is 5.86. The number of fused-ring (bicyclic) bond motifs is 1. The minimum absolute atomic E-state index is 0.0905. The number of aldehydes is 1. The van der Waals surface area contributed by atoms with Gasteiger partial charge < -0.3 is 9.90 Å². The largest absolute Gasteiger partial charge is 0.392 e. The van der Waals surface area contributed by atoms with Gasteiger partial charge >= 0.3 is 0 Å². The third-order valence-electron chi connectivity index (χ3n) is 3.75. The van der Waals surface area contributed by atoms with Crippen molar-refractivity contribution in [3.05, 3.63) is 70.4 Å². The summed E-state index contributed by atoms with van der Waals surface area (Å²) in [4.78, 5) is 23.6. The maximum Gasteiger partial charge on any atom is 0.262 e. The Hall–Kier alpha value is -2.43. The first-order chi connectivity index (χ1) is 11.1. The third kappa shape index (κ3) is 2.91. The van der Waals surface area contributed by atoms with E-state index in [-0.39, 0.29) is 18.9 Å². The predicted octanol–water partition coefficient (Wildman–Crippen LogP) is 3.22. The number of carbonyl (C=O) groups excluding carboxylic acids is 2. The molecule has 0 radical (unpaired) electrons. The van der Waals surface area contributed by atoms with Gasteiger partial charge in [-0.15, -0.1) is 0 Å². The first-order valence-electron chi connectivity index (χ1n) is 7.11. The van der Waals surface area contributed by atoms with E-state index in [2.05, 4.69) is 0 Å². The zero-order valence-electron chi connectivity index (χ0n) is 12.2. The number of nitrogens with zero attached hydrogens (tertiary/aromatic N) is 1. The van der Waals surface area contributed by atoms with Crippen LogP contribution in [0.4, 0.5) is 0 Å². The van der Waals surface area contributed by atoms with Crippen LogP contribution in [-0.4, -0.2) is 21.9 Å². The lowest BCUT2D eigenvalue weighted by Gasteiger charge is -2.05. The summed E-state index contributed by atoms with van der Waals surface area (Å²) in [6.45, 7) is -0.0905. The number of halogens is 1. The first kappa shape index (κ1) is 15.5. The van der Waals surface area contributed by atoms with Gasteiger partial charge in [0.05, 0.1) is 12.1 Å². The molecule has 0 aliphatic heterocycles. The molecule has 0 bridgehead atoms. The summed E-state index contributed by atoms with van der Waals surface area (Å²) in [5, 5.41) is 10.6. The molecule has 0 saturated carbocycles. The zero-order chi connectivity index (χ0) is 16.4. The van der Waals surface area contributed by atoms with Gasteiger partial charge in [-0.1, -0.05) is 17.7 Å². The summed E-state index contributed by atoms with van der Waals surface area (Å²) < 4.78 is 1.53. The van der Waals surface area contributed by atoms with E-state index in [1.54, 1.807) is 48.7 Å². The lowest BCUT2D eigenvalue weighted by atomic mass is 10.1. The van der Waals surface area contributed by atoms with Crippen molar-refractivity contribution in [1.29, 1.82) is 0 Å². The summed E-state index contributed by atoms with van der Waals surface area (Å²) in [5.74, 6) is -0.194. The summed E-state index contributed by atoms with van der Waals surface area (Å²) in [6, 6.07) is 12.0. The molecule has 1 heterocycles. The van der Waals surface area contributed by atoms with Gasteiger partial charge in [0.1, 0.15) is 6.29 Å². The molecule has 3 rings (SSSR count). The number of hydrogen-bond donors (Lipinski definition) is 1. The summed E-state index contributed by atoms with van der Waals surface area (Å²) in [6.07, 6.45) is 2.70. The van der Waals surface area contributed by atoms with E-state index >= 15 is 0 Å². The van der Waals surface area contributed by atoms with Gasteiger partial charge in [0.25, 0.3) is 5.91 Å². The molecule has 1 aromatic heterocycles. The number of rotatable bonds is 4. The first-order valence-corrected chi connectivity index (χ1v) is 7.49. The van der Waals surface area contributed by atoms with Gasteiger partial charge in [0, 0.05) is 28.6 Å². The van der Waals surface area contributed by atoms with E-state index in [9.17, 15) is 14.7 Å². The Labute approximate surface area is 137 Å². The van der Waals surface area contributed by atoms with Gasteiger partial charge in [-0.3, -0.25) is 9.36 Å². The molecule has 3 aromatic rings. The fourth-order valence-corrected chi connectivity index (χ4v) is 2.72. The molecule has 23 heavy (non-hydrogen) atoms. The monoisotopic (exact) mass is 327 g/mol. The Morgan fingerprint density at radius 2 is 1.91 bits per heavy atom. The quantitative estimate of drug-likeness (QED) is 0.748. The molecule has 0 amide bonds. The standard InChI is InChI=1S/C18H14ClNO3/c19-15-4-2-13(3-5-15)18(23)20-10-14(7-8-21)16-9-12(11-22)1-6-17(16)20/h1-6,8-10,22H,7,11H2. The topological polar surface area (TPSA) is 59.3 Å². The second kappa shape index (κ2) is 6.36. The average molecular weight is 328 g/mol. The van der Waals surface area contributed by atoms with Gasteiger partial charge in [-0.2, -0.15) is 0 Å². The van der Waals surface area contributed by atoms with Crippen LogP contribution < -0.4 is 0 Å². The highest BCUT2D eigenvalue weighted by Gasteiger charge is 2.15. The smallest absolute Gasteiger partial charge is 0.262 e. The molecule has 5 heteroatoms. The van der Waals surface area contributed by atoms with Crippen molar-refractivity contribution in [2.45, 2.75) is 13.0 Å². The highest BCUT2D eigenvalue weighted by atomic mass is 35.5. The van der Waals surface area contributed by atoms with Crippen LogP contribution in [0, 0.1) is 0 Å². The molecular weight excluding hydrogens is 314 g/mol. The molecule has 116 valence electrons. The van der Waals surface area contributed by atoms with Crippen molar-refractivity contribution in [2.75, 3.05) is 0 Å². The molecular formula is C18H14ClNO3. The molecule has 2 aromatic carbocycles. The van der Waals surface area contributed by atoms with Crippen molar-refractivity contribution in [2.24, 2.45) is 0 Å². The van der Waals surface area contributed by atoms with Crippen molar-refractivity contribution in [3.63, 3.8) is 0 Å². The number of carbonyl (C=O) groups is 2. The Morgan fingerprint density at radius 1 is 1.17 bits per heavy atom. The number of hydrogen-bond acceptors (Lipinski definition) is 3. The van der Waals surface area contributed by atoms with Crippen LogP contribution in [0.5, 0.6) is 0 Å². The zero-order valence-corrected chi connectivity index (χ0v) is 13.0. The van der Waals surface area contributed by atoms with Crippen LogP contribution >= 0.6 is 11.6 Å².